The highest BCUT2D eigenvalue weighted by atomic mass is 32.1. The second-order valence-electron chi connectivity index (χ2n) is 10.5. The lowest BCUT2D eigenvalue weighted by molar-refractivity contribution is 0.493. The number of nitrogens with zero attached hydrogens (tertiary/aromatic N) is 1. The normalized spacial score (nSPS) is 13.5. The summed E-state index contributed by atoms with van der Waals surface area (Å²) in [7, 11) is 0. The Morgan fingerprint density at radius 2 is 1.18 bits per heavy atom. The third kappa shape index (κ3) is 3.27. The first-order valence-electron chi connectivity index (χ1n) is 13.6. The van der Waals surface area contributed by atoms with Crippen LogP contribution in [0, 0.1) is 0 Å². The van der Waals surface area contributed by atoms with Gasteiger partial charge in [-0.1, -0.05) is 109 Å². The molecule has 6 aromatic carbocycles. The maximum atomic E-state index is 7.49. The van der Waals surface area contributed by atoms with Gasteiger partial charge in [-0.25, -0.2) is 0 Å². The van der Waals surface area contributed by atoms with Crippen LogP contribution < -0.4 is 11.5 Å². The Morgan fingerprint density at radius 1 is 0.575 bits per heavy atom. The molecule has 8 rings (SSSR count). The van der Waals surface area contributed by atoms with Gasteiger partial charge in [-0.05, 0) is 40.1 Å². The Morgan fingerprint density at radius 3 is 1.95 bits per heavy atom. The van der Waals surface area contributed by atoms with E-state index >= 15 is 0 Å². The van der Waals surface area contributed by atoms with Crippen molar-refractivity contribution in [2.45, 2.75) is 12.1 Å². The van der Waals surface area contributed by atoms with Gasteiger partial charge in [0.05, 0.1) is 21.9 Å². The number of nitrogen functional groups attached to an aromatic ring is 1. The van der Waals surface area contributed by atoms with Crippen molar-refractivity contribution in [2.75, 3.05) is 5.73 Å². The molecule has 2 atom stereocenters. The van der Waals surface area contributed by atoms with E-state index in [9.17, 15) is 0 Å². The third-order valence-corrected chi connectivity index (χ3v) is 9.49. The number of nitrogens with two attached hydrogens (primary N) is 2. The molecule has 0 radical (unpaired) electrons. The summed E-state index contributed by atoms with van der Waals surface area (Å²) in [6.45, 7) is 0. The summed E-state index contributed by atoms with van der Waals surface area (Å²) in [5.74, 6) is -0.141. The van der Waals surface area contributed by atoms with Gasteiger partial charge in [-0.2, -0.15) is 0 Å². The van der Waals surface area contributed by atoms with Crippen LogP contribution in [0.2, 0.25) is 0 Å². The molecule has 4 N–H and O–H groups in total. The zero-order chi connectivity index (χ0) is 26.8. The molecular weight excluding hydrogens is 506 g/mol. The van der Waals surface area contributed by atoms with E-state index in [1.165, 1.54) is 47.2 Å². The topological polar surface area (TPSA) is 57.0 Å². The maximum absolute atomic E-state index is 7.49. The van der Waals surface area contributed by atoms with E-state index in [1.807, 2.05) is 29.5 Å². The fraction of sp³-hybridized carbons (Fsp3) is 0.0556. The van der Waals surface area contributed by atoms with Crippen molar-refractivity contribution in [2.24, 2.45) is 5.73 Å². The molecule has 192 valence electrons. The number of fused-ring (bicyclic) bond motifs is 10. The highest BCUT2D eigenvalue weighted by Gasteiger charge is 2.30. The van der Waals surface area contributed by atoms with Crippen molar-refractivity contribution in [3.05, 3.63) is 139 Å². The molecule has 0 aliphatic carbocycles. The molecule has 0 aliphatic heterocycles. The zero-order valence-corrected chi connectivity index (χ0v) is 22.6. The number of benzene rings is 6. The van der Waals surface area contributed by atoms with Crippen LogP contribution in [0.4, 0.5) is 5.69 Å². The minimum absolute atomic E-state index is 0.141. The Bertz CT molecular complexity index is 2210. The monoisotopic (exact) mass is 533 g/mol. The lowest BCUT2D eigenvalue weighted by Crippen LogP contribution is -2.27. The van der Waals surface area contributed by atoms with Crippen LogP contribution in [0.1, 0.15) is 23.2 Å². The average molecular weight is 534 g/mol. The minimum atomic E-state index is -0.399. The Balaban J connectivity index is 1.56. The number of thiophene rings is 1. The first-order chi connectivity index (χ1) is 19.7. The van der Waals surface area contributed by atoms with Gasteiger partial charge in [-0.15, -0.1) is 11.3 Å². The minimum Gasteiger partial charge on any atom is -0.398 e. The van der Waals surface area contributed by atoms with Gasteiger partial charge in [0.1, 0.15) is 0 Å². The smallest absolute Gasteiger partial charge is 0.0932 e. The summed E-state index contributed by atoms with van der Waals surface area (Å²) in [6, 6.07) is 44.9. The molecule has 0 aliphatic rings. The molecule has 0 saturated heterocycles. The number of hydrogen-bond donors (Lipinski definition) is 2. The molecule has 8 aromatic rings. The van der Waals surface area contributed by atoms with E-state index in [-0.39, 0.29) is 5.92 Å². The van der Waals surface area contributed by atoms with Gasteiger partial charge in [0.15, 0.2) is 0 Å². The zero-order valence-electron chi connectivity index (χ0n) is 21.8. The van der Waals surface area contributed by atoms with Gasteiger partial charge < -0.3 is 16.0 Å². The summed E-state index contributed by atoms with van der Waals surface area (Å²) in [5, 5.41) is 7.61. The number of anilines is 1. The van der Waals surface area contributed by atoms with Crippen LogP contribution in [0.5, 0.6) is 0 Å². The number of aromatic nitrogens is 1. The van der Waals surface area contributed by atoms with Crippen molar-refractivity contribution in [1.82, 2.24) is 4.57 Å². The molecule has 0 bridgehead atoms. The predicted octanol–water partition coefficient (Wildman–Crippen LogP) is 9.19. The summed E-state index contributed by atoms with van der Waals surface area (Å²) in [6.07, 6.45) is -0.399. The maximum Gasteiger partial charge on any atom is 0.0932 e. The Hall–Kier alpha value is -4.64. The fourth-order valence-electron chi connectivity index (χ4n) is 6.63. The van der Waals surface area contributed by atoms with E-state index in [0.29, 0.717) is 0 Å². The highest BCUT2D eigenvalue weighted by Crippen LogP contribution is 2.49. The largest absolute Gasteiger partial charge is 0.398 e. The summed E-state index contributed by atoms with van der Waals surface area (Å²) in [4.78, 5) is 0. The van der Waals surface area contributed by atoms with Crippen LogP contribution in [-0.2, 0) is 0 Å². The molecule has 2 heterocycles. The van der Waals surface area contributed by atoms with Crippen molar-refractivity contribution < 1.29 is 0 Å². The van der Waals surface area contributed by atoms with Crippen LogP contribution in [0.3, 0.4) is 0 Å². The van der Waals surface area contributed by atoms with E-state index in [4.69, 9.17) is 11.5 Å². The molecule has 2 aromatic heterocycles. The standard InChI is InChI=1S/C36H27N3S/c37-28-19-9-6-16-25(28)31(22-12-2-1-3-13-22)36(38)39-29-20-10-7-17-26(29)32-23-14-4-5-15-24(23)33-27-18-8-11-21-30(27)40-35(33)34(32)39/h1-21,31,36H,37-38H2/t31?,36-/m0/s1. The second-order valence-corrected chi connectivity index (χ2v) is 11.5. The van der Waals surface area contributed by atoms with Crippen molar-refractivity contribution in [3.63, 3.8) is 0 Å². The lowest BCUT2D eigenvalue weighted by atomic mass is 9.87. The van der Waals surface area contributed by atoms with Crippen LogP contribution >= 0.6 is 11.3 Å². The molecule has 0 saturated carbocycles. The molecule has 40 heavy (non-hydrogen) atoms. The molecular formula is C36H27N3S. The third-order valence-electron chi connectivity index (χ3n) is 8.32. The number of para-hydroxylation sites is 2. The van der Waals surface area contributed by atoms with Crippen molar-refractivity contribution in [1.29, 1.82) is 0 Å². The van der Waals surface area contributed by atoms with Gasteiger partial charge in [0.2, 0.25) is 0 Å². The summed E-state index contributed by atoms with van der Waals surface area (Å²) < 4.78 is 4.95. The summed E-state index contributed by atoms with van der Waals surface area (Å²) >= 11 is 1.86. The van der Waals surface area contributed by atoms with Gasteiger partial charge in [0, 0.05) is 37.9 Å². The Labute approximate surface area is 235 Å². The molecule has 0 fully saturated rings. The van der Waals surface area contributed by atoms with Gasteiger partial charge >= 0.3 is 0 Å². The van der Waals surface area contributed by atoms with Gasteiger partial charge in [0.25, 0.3) is 0 Å². The van der Waals surface area contributed by atoms with Crippen LogP contribution in [0.15, 0.2) is 127 Å². The van der Waals surface area contributed by atoms with E-state index in [2.05, 4.69) is 114 Å². The first-order valence-corrected chi connectivity index (χ1v) is 14.4. The first kappa shape index (κ1) is 23.3. The number of hydrogen-bond acceptors (Lipinski definition) is 3. The predicted molar refractivity (Wildman–Crippen MR) is 172 cm³/mol. The van der Waals surface area contributed by atoms with E-state index < -0.39 is 6.17 Å². The highest BCUT2D eigenvalue weighted by molar-refractivity contribution is 7.27. The molecule has 1 unspecified atom stereocenters. The van der Waals surface area contributed by atoms with Crippen molar-refractivity contribution in [3.8, 4) is 0 Å². The van der Waals surface area contributed by atoms with E-state index in [1.54, 1.807) is 0 Å². The molecule has 0 spiro atoms. The summed E-state index contributed by atoms with van der Waals surface area (Å²) in [5.41, 5.74) is 19.4. The molecule has 4 heteroatoms. The fourth-order valence-corrected chi connectivity index (χ4v) is 7.90. The number of rotatable bonds is 4. The SMILES string of the molecule is Nc1ccccc1C(c1ccccc1)[C@@H](N)n1c2ccccc2c2c3ccccc3c3c4ccccc4sc3c21. The van der Waals surface area contributed by atoms with Gasteiger partial charge in [-0.3, -0.25) is 0 Å². The van der Waals surface area contributed by atoms with Crippen molar-refractivity contribution >= 4 is 69.8 Å². The lowest BCUT2D eigenvalue weighted by Gasteiger charge is -2.29. The molecule has 0 amide bonds. The van der Waals surface area contributed by atoms with E-state index in [0.717, 1.165) is 22.3 Å². The van der Waals surface area contributed by atoms with Crippen LogP contribution in [-0.4, -0.2) is 4.57 Å². The molecule has 3 nitrogen and oxygen atoms in total. The Kier molecular flexibility index (Phi) is 5.21. The average Bonchev–Trinajstić information content (AvgIpc) is 3.56. The second kappa shape index (κ2) is 8.95. The quantitative estimate of drug-likeness (QED) is 0.222. The van der Waals surface area contributed by atoms with Crippen LogP contribution in [0.25, 0.3) is 52.8 Å².